The van der Waals surface area contributed by atoms with Gasteiger partial charge in [0.15, 0.2) is 5.82 Å². The van der Waals surface area contributed by atoms with Crippen molar-refractivity contribution >= 4 is 13.3 Å². The molecule has 0 aliphatic carbocycles. The van der Waals surface area contributed by atoms with Crippen LogP contribution in [0.2, 0.25) is 0 Å². The first kappa shape index (κ1) is 12.5. The second-order valence-electron chi connectivity index (χ2n) is 4.82. The zero-order chi connectivity index (χ0) is 13.9. The number of pyridine rings is 1. The molecule has 2 heterocycles. The number of rotatable bonds is 2. The third-order valence-corrected chi connectivity index (χ3v) is 3.16. The Kier molecular flexibility index (Phi) is 3.29. The van der Waals surface area contributed by atoms with Gasteiger partial charge in [0.1, 0.15) is 7.85 Å². The van der Waals surface area contributed by atoms with Crippen LogP contribution in [-0.4, -0.2) is 22.8 Å². The number of aromatic nitrogens is 3. The minimum atomic E-state index is 0.716. The summed E-state index contributed by atoms with van der Waals surface area (Å²) in [5.74, 6) is 0.716. The summed E-state index contributed by atoms with van der Waals surface area (Å²) in [6, 6.07) is 14.3. The maximum atomic E-state index is 4.50. The third-order valence-electron chi connectivity index (χ3n) is 3.16. The van der Waals surface area contributed by atoms with Crippen LogP contribution in [0, 0.1) is 6.92 Å². The number of aryl methyl sites for hydroxylation is 1. The summed E-state index contributed by atoms with van der Waals surface area (Å²) in [6.45, 7) is 1.96. The van der Waals surface area contributed by atoms with Gasteiger partial charge in [0.2, 0.25) is 0 Å². The lowest BCUT2D eigenvalue weighted by atomic mass is 9.95. The molecule has 1 aromatic carbocycles. The van der Waals surface area contributed by atoms with Crippen molar-refractivity contribution in [2.45, 2.75) is 6.92 Å². The van der Waals surface area contributed by atoms with Crippen LogP contribution in [0.4, 0.5) is 0 Å². The monoisotopic (exact) mass is 259 g/mol. The van der Waals surface area contributed by atoms with Gasteiger partial charge < -0.3 is 0 Å². The Bertz CT molecular complexity index is 721. The Balaban J connectivity index is 1.93. The van der Waals surface area contributed by atoms with Crippen molar-refractivity contribution in [3.63, 3.8) is 0 Å². The number of hydrogen-bond donors (Lipinski definition) is 0. The molecule has 4 heteroatoms. The summed E-state index contributed by atoms with van der Waals surface area (Å²) in [7, 11) is 2.08. The van der Waals surface area contributed by atoms with Gasteiger partial charge in [-0.1, -0.05) is 29.7 Å². The maximum absolute atomic E-state index is 4.50. The lowest BCUT2D eigenvalue weighted by Gasteiger charge is -2.04. The maximum Gasteiger partial charge on any atom is 0.160 e. The van der Waals surface area contributed by atoms with Gasteiger partial charge in [-0.3, -0.25) is 4.98 Å². The molecule has 2 aromatic heterocycles. The van der Waals surface area contributed by atoms with Gasteiger partial charge in [0.05, 0.1) is 5.69 Å². The normalized spacial score (nSPS) is 10.4. The molecule has 0 amide bonds. The predicted octanol–water partition coefficient (Wildman–Crippen LogP) is 1.77. The number of hydrogen-bond acceptors (Lipinski definition) is 3. The van der Waals surface area contributed by atoms with Crippen LogP contribution in [0.3, 0.4) is 0 Å². The topological polar surface area (TPSA) is 38.7 Å². The Morgan fingerprint density at radius 3 is 2.25 bits per heavy atom. The van der Waals surface area contributed by atoms with Gasteiger partial charge in [-0.05, 0) is 25.1 Å². The van der Waals surface area contributed by atoms with Crippen molar-refractivity contribution in [2.24, 2.45) is 0 Å². The molecule has 0 saturated heterocycles. The van der Waals surface area contributed by atoms with Gasteiger partial charge in [-0.2, -0.15) is 0 Å². The molecule has 3 aromatic rings. The van der Waals surface area contributed by atoms with E-state index in [1.165, 1.54) is 5.46 Å². The van der Waals surface area contributed by atoms with Crippen molar-refractivity contribution < 1.29 is 0 Å². The molecule has 0 aliphatic rings. The minimum Gasteiger partial charge on any atom is -0.255 e. The average Bonchev–Trinajstić information content (AvgIpc) is 2.48. The standard InChI is InChI=1S/C16H14BN3/c1-11-8-9-18-16(20-11)13-4-7-15(19-10-13)12-2-5-14(17)6-3-12/h2-10H,17H2,1H3. The van der Waals surface area contributed by atoms with E-state index in [4.69, 9.17) is 0 Å². The summed E-state index contributed by atoms with van der Waals surface area (Å²) in [6.07, 6.45) is 3.59. The highest BCUT2D eigenvalue weighted by molar-refractivity contribution is 6.32. The van der Waals surface area contributed by atoms with E-state index in [9.17, 15) is 0 Å². The fourth-order valence-corrected chi connectivity index (χ4v) is 2.01. The van der Waals surface area contributed by atoms with E-state index >= 15 is 0 Å². The smallest absolute Gasteiger partial charge is 0.160 e. The molecule has 0 atom stereocenters. The number of benzene rings is 1. The zero-order valence-corrected chi connectivity index (χ0v) is 11.5. The van der Waals surface area contributed by atoms with Gasteiger partial charge in [-0.15, -0.1) is 0 Å². The van der Waals surface area contributed by atoms with Crippen LogP contribution >= 0.6 is 0 Å². The summed E-state index contributed by atoms with van der Waals surface area (Å²) in [4.78, 5) is 13.2. The SMILES string of the molecule is Bc1ccc(-c2ccc(-c3nccc(C)n3)cn2)cc1. The molecular formula is C16H14BN3. The quantitative estimate of drug-likeness (QED) is 0.658. The summed E-state index contributed by atoms with van der Waals surface area (Å²) < 4.78 is 0. The van der Waals surface area contributed by atoms with Crippen molar-refractivity contribution in [1.29, 1.82) is 0 Å². The van der Waals surface area contributed by atoms with Crippen molar-refractivity contribution in [3.05, 3.63) is 60.6 Å². The average molecular weight is 259 g/mol. The van der Waals surface area contributed by atoms with E-state index in [0.717, 1.165) is 22.5 Å². The van der Waals surface area contributed by atoms with E-state index in [-0.39, 0.29) is 0 Å². The molecule has 0 unspecified atom stereocenters. The first-order chi connectivity index (χ1) is 9.72. The molecule has 0 fully saturated rings. The highest BCUT2D eigenvalue weighted by atomic mass is 14.9. The molecule has 96 valence electrons. The van der Waals surface area contributed by atoms with Gasteiger partial charge in [0, 0.05) is 29.2 Å². The highest BCUT2D eigenvalue weighted by Crippen LogP contribution is 2.19. The second-order valence-corrected chi connectivity index (χ2v) is 4.82. The van der Waals surface area contributed by atoms with Crippen LogP contribution in [0.5, 0.6) is 0 Å². The van der Waals surface area contributed by atoms with Crippen molar-refractivity contribution in [1.82, 2.24) is 15.0 Å². The minimum absolute atomic E-state index is 0.716. The van der Waals surface area contributed by atoms with E-state index < -0.39 is 0 Å². The molecule has 3 rings (SSSR count). The Hall–Kier alpha value is -2.49. The number of nitrogens with zero attached hydrogens (tertiary/aromatic N) is 3. The van der Waals surface area contributed by atoms with Crippen LogP contribution in [0.15, 0.2) is 54.9 Å². The Morgan fingerprint density at radius 2 is 1.60 bits per heavy atom. The van der Waals surface area contributed by atoms with Gasteiger partial charge in [-0.25, -0.2) is 9.97 Å². The molecule has 0 bridgehead atoms. The Morgan fingerprint density at radius 1 is 0.850 bits per heavy atom. The molecule has 0 aliphatic heterocycles. The summed E-state index contributed by atoms with van der Waals surface area (Å²) >= 11 is 0. The first-order valence-corrected chi connectivity index (χ1v) is 6.55. The second kappa shape index (κ2) is 5.25. The highest BCUT2D eigenvalue weighted by Gasteiger charge is 2.03. The van der Waals surface area contributed by atoms with E-state index in [1.807, 2.05) is 31.3 Å². The molecule has 0 saturated carbocycles. The van der Waals surface area contributed by atoms with Crippen LogP contribution in [0.1, 0.15) is 5.69 Å². The van der Waals surface area contributed by atoms with Crippen LogP contribution in [0.25, 0.3) is 22.6 Å². The van der Waals surface area contributed by atoms with Crippen LogP contribution in [-0.2, 0) is 0 Å². The fraction of sp³-hybridized carbons (Fsp3) is 0.0625. The zero-order valence-electron chi connectivity index (χ0n) is 11.5. The predicted molar refractivity (Wildman–Crippen MR) is 83.6 cm³/mol. The van der Waals surface area contributed by atoms with Gasteiger partial charge in [0.25, 0.3) is 0 Å². The summed E-state index contributed by atoms with van der Waals surface area (Å²) in [5, 5.41) is 0. The summed E-state index contributed by atoms with van der Waals surface area (Å²) in [5.41, 5.74) is 5.22. The van der Waals surface area contributed by atoms with E-state index in [0.29, 0.717) is 5.82 Å². The lowest BCUT2D eigenvalue weighted by Crippen LogP contribution is -1.99. The molecule has 3 nitrogen and oxygen atoms in total. The molecule has 0 N–H and O–H groups in total. The fourth-order valence-electron chi connectivity index (χ4n) is 2.01. The molecule has 20 heavy (non-hydrogen) atoms. The largest absolute Gasteiger partial charge is 0.255 e. The Labute approximate surface area is 119 Å². The van der Waals surface area contributed by atoms with Crippen molar-refractivity contribution in [3.8, 4) is 22.6 Å². The third kappa shape index (κ3) is 2.59. The lowest BCUT2D eigenvalue weighted by molar-refractivity contribution is 1.11. The van der Waals surface area contributed by atoms with Gasteiger partial charge >= 0.3 is 0 Å². The van der Waals surface area contributed by atoms with Crippen LogP contribution < -0.4 is 5.46 Å². The molecule has 0 spiro atoms. The van der Waals surface area contributed by atoms with Crippen molar-refractivity contribution in [2.75, 3.05) is 0 Å². The first-order valence-electron chi connectivity index (χ1n) is 6.55. The van der Waals surface area contributed by atoms with E-state index in [2.05, 4.69) is 47.1 Å². The molecule has 0 radical (unpaired) electrons. The van der Waals surface area contributed by atoms with E-state index in [1.54, 1.807) is 6.20 Å². The molecular weight excluding hydrogens is 245 g/mol.